The number of ether oxygens (including phenoxy) is 1. The Hall–Kier alpha value is -2.12. The molecule has 2 atom stereocenters. The fourth-order valence-corrected chi connectivity index (χ4v) is 3.39. The Balaban J connectivity index is 1.88. The molecule has 0 amide bonds. The van der Waals surface area contributed by atoms with E-state index in [1.54, 1.807) is 0 Å². The summed E-state index contributed by atoms with van der Waals surface area (Å²) in [5.41, 5.74) is 2.12. The zero-order valence-corrected chi connectivity index (χ0v) is 10.3. The first-order valence-electron chi connectivity index (χ1n) is 6.63. The minimum atomic E-state index is -0.260. The highest BCUT2D eigenvalue weighted by atomic mass is 16.6. The van der Waals surface area contributed by atoms with Crippen LogP contribution in [0.3, 0.4) is 0 Å². The zero-order chi connectivity index (χ0) is 12.5. The van der Waals surface area contributed by atoms with Crippen molar-refractivity contribution < 1.29 is 4.74 Å². The maximum atomic E-state index is 6.03. The van der Waals surface area contributed by atoms with E-state index < -0.39 is 0 Å². The SMILES string of the molecule is C1=Cc2c3c(ccc2=C1)=CC12C=CC=CC1(C=C3)O2. The van der Waals surface area contributed by atoms with E-state index in [2.05, 4.69) is 72.9 Å². The summed E-state index contributed by atoms with van der Waals surface area (Å²) < 4.78 is 6.03. The van der Waals surface area contributed by atoms with Gasteiger partial charge >= 0.3 is 0 Å². The summed E-state index contributed by atoms with van der Waals surface area (Å²) in [6, 6.07) is 4.38. The first kappa shape index (κ1) is 9.76. The number of allylic oxidation sites excluding steroid dienone is 3. The topological polar surface area (TPSA) is 12.5 Å². The molecular weight excluding hydrogens is 232 g/mol. The lowest BCUT2D eigenvalue weighted by molar-refractivity contribution is 0.356. The van der Waals surface area contributed by atoms with Gasteiger partial charge in [0.05, 0.1) is 0 Å². The van der Waals surface area contributed by atoms with Crippen LogP contribution < -0.4 is 10.4 Å². The van der Waals surface area contributed by atoms with E-state index >= 15 is 0 Å². The van der Waals surface area contributed by atoms with Crippen LogP contribution in [0.4, 0.5) is 0 Å². The van der Waals surface area contributed by atoms with Crippen molar-refractivity contribution in [2.24, 2.45) is 0 Å². The summed E-state index contributed by atoms with van der Waals surface area (Å²) in [5, 5.41) is 2.56. The molecule has 90 valence electrons. The molecule has 1 heteroatoms. The van der Waals surface area contributed by atoms with Crippen molar-refractivity contribution in [3.05, 3.63) is 70.2 Å². The van der Waals surface area contributed by atoms with Gasteiger partial charge in [-0.3, -0.25) is 0 Å². The summed E-state index contributed by atoms with van der Waals surface area (Å²) in [7, 11) is 0. The van der Waals surface area contributed by atoms with Crippen molar-refractivity contribution >= 4 is 24.3 Å². The van der Waals surface area contributed by atoms with Gasteiger partial charge in [-0.25, -0.2) is 0 Å². The van der Waals surface area contributed by atoms with Crippen molar-refractivity contribution in [1.82, 2.24) is 0 Å². The largest absolute Gasteiger partial charge is 0.345 e. The van der Waals surface area contributed by atoms with Gasteiger partial charge in [0.25, 0.3) is 0 Å². The molecule has 1 aliphatic heterocycles. The average molecular weight is 244 g/mol. The number of epoxide rings is 1. The highest BCUT2D eigenvalue weighted by molar-refractivity contribution is 5.78. The molecule has 1 saturated heterocycles. The molecule has 1 heterocycles. The van der Waals surface area contributed by atoms with E-state index in [1.807, 2.05) is 0 Å². The normalized spacial score (nSPS) is 34.5. The van der Waals surface area contributed by atoms with Crippen LogP contribution in [0, 0.1) is 0 Å². The Labute approximate surface area is 111 Å². The van der Waals surface area contributed by atoms with Crippen molar-refractivity contribution in [2.45, 2.75) is 11.2 Å². The summed E-state index contributed by atoms with van der Waals surface area (Å²) in [6.07, 6.45) is 21.6. The molecule has 4 aliphatic rings. The lowest BCUT2D eigenvalue weighted by Gasteiger charge is -2.08. The first-order chi connectivity index (χ1) is 9.32. The number of hydrogen-bond acceptors (Lipinski definition) is 1. The molecule has 0 N–H and O–H groups in total. The maximum absolute atomic E-state index is 6.03. The molecule has 1 fully saturated rings. The Morgan fingerprint density at radius 2 is 1.53 bits per heavy atom. The summed E-state index contributed by atoms with van der Waals surface area (Å²) >= 11 is 0. The monoisotopic (exact) mass is 244 g/mol. The lowest BCUT2D eigenvalue weighted by atomic mass is 9.88. The summed E-state index contributed by atoms with van der Waals surface area (Å²) in [5.74, 6) is 0. The predicted octanol–water partition coefficient (Wildman–Crippen LogP) is 1.94. The second kappa shape index (κ2) is 2.89. The second-order valence-corrected chi connectivity index (χ2v) is 5.48. The summed E-state index contributed by atoms with van der Waals surface area (Å²) in [6.45, 7) is 0. The first-order valence-corrected chi connectivity index (χ1v) is 6.63. The molecule has 0 radical (unpaired) electrons. The Morgan fingerprint density at radius 1 is 0.737 bits per heavy atom. The molecule has 0 bridgehead atoms. The number of rotatable bonds is 0. The number of benzene rings is 1. The standard InChI is InChI=1S/C18H12O/c1-2-10-18-12-14-7-6-13-4-3-5-15(13)16(14)8-11-17(18,9-1)19-18/h1-12H. The molecule has 19 heavy (non-hydrogen) atoms. The van der Waals surface area contributed by atoms with Gasteiger partial charge in [-0.2, -0.15) is 0 Å². The minimum absolute atomic E-state index is 0.250. The molecule has 3 aliphatic carbocycles. The maximum Gasteiger partial charge on any atom is 0.143 e. The van der Waals surface area contributed by atoms with E-state index in [1.165, 1.54) is 21.6 Å². The van der Waals surface area contributed by atoms with E-state index in [0.29, 0.717) is 0 Å². The zero-order valence-electron chi connectivity index (χ0n) is 10.3. The molecule has 1 nitrogen and oxygen atoms in total. The Bertz CT molecular complexity index is 850. The third-order valence-electron chi connectivity index (χ3n) is 4.47. The van der Waals surface area contributed by atoms with Gasteiger partial charge in [-0.05, 0) is 45.9 Å². The number of fused-ring (bicyclic) bond motifs is 3. The van der Waals surface area contributed by atoms with E-state index in [9.17, 15) is 0 Å². The van der Waals surface area contributed by atoms with E-state index in [0.717, 1.165) is 0 Å². The van der Waals surface area contributed by atoms with Crippen LogP contribution in [0.2, 0.25) is 0 Å². The van der Waals surface area contributed by atoms with Gasteiger partial charge < -0.3 is 4.74 Å². The average Bonchev–Trinajstić information content (AvgIpc) is 2.88. The minimum Gasteiger partial charge on any atom is -0.345 e. The van der Waals surface area contributed by atoms with Crippen molar-refractivity contribution in [3.8, 4) is 0 Å². The Morgan fingerprint density at radius 3 is 2.47 bits per heavy atom. The fourth-order valence-electron chi connectivity index (χ4n) is 3.39. The van der Waals surface area contributed by atoms with Gasteiger partial charge in [0.2, 0.25) is 0 Å². The number of hydrogen-bond donors (Lipinski definition) is 0. The molecule has 1 aromatic carbocycles. The van der Waals surface area contributed by atoms with Gasteiger partial charge in [-0.15, -0.1) is 0 Å². The fraction of sp³-hybridized carbons (Fsp3) is 0.111. The van der Waals surface area contributed by atoms with E-state index in [4.69, 9.17) is 4.74 Å². The van der Waals surface area contributed by atoms with Gasteiger partial charge in [0.1, 0.15) is 11.2 Å². The van der Waals surface area contributed by atoms with Crippen LogP contribution in [0.5, 0.6) is 0 Å². The van der Waals surface area contributed by atoms with Crippen LogP contribution in [0.25, 0.3) is 24.3 Å². The highest BCUT2D eigenvalue weighted by Crippen LogP contribution is 2.55. The van der Waals surface area contributed by atoms with Crippen molar-refractivity contribution in [3.63, 3.8) is 0 Å². The molecule has 1 aromatic rings. The molecule has 0 spiro atoms. The molecule has 0 saturated carbocycles. The highest BCUT2D eigenvalue weighted by Gasteiger charge is 2.65. The molecule has 5 rings (SSSR count). The van der Waals surface area contributed by atoms with Crippen molar-refractivity contribution in [1.29, 1.82) is 0 Å². The lowest BCUT2D eigenvalue weighted by Crippen LogP contribution is -2.22. The van der Waals surface area contributed by atoms with Crippen LogP contribution >= 0.6 is 0 Å². The second-order valence-electron chi connectivity index (χ2n) is 5.48. The van der Waals surface area contributed by atoms with E-state index in [-0.39, 0.29) is 11.2 Å². The smallest absolute Gasteiger partial charge is 0.143 e. The predicted molar refractivity (Wildman–Crippen MR) is 77.5 cm³/mol. The van der Waals surface area contributed by atoms with Crippen LogP contribution in [0.1, 0.15) is 11.1 Å². The van der Waals surface area contributed by atoms with Gasteiger partial charge in [0, 0.05) is 0 Å². The molecular formula is C18H12O. The van der Waals surface area contributed by atoms with Crippen molar-refractivity contribution in [2.75, 3.05) is 0 Å². The Kier molecular flexibility index (Phi) is 1.49. The third-order valence-corrected chi connectivity index (χ3v) is 4.47. The van der Waals surface area contributed by atoms with Crippen LogP contribution in [-0.4, -0.2) is 11.2 Å². The van der Waals surface area contributed by atoms with Crippen LogP contribution in [-0.2, 0) is 4.74 Å². The quantitative estimate of drug-likeness (QED) is 0.635. The summed E-state index contributed by atoms with van der Waals surface area (Å²) in [4.78, 5) is 0. The third kappa shape index (κ3) is 1.05. The molecule has 0 aromatic heterocycles. The van der Waals surface area contributed by atoms with Crippen LogP contribution in [0.15, 0.2) is 48.6 Å². The van der Waals surface area contributed by atoms with Gasteiger partial charge in [-0.1, -0.05) is 48.6 Å². The molecule has 2 unspecified atom stereocenters. The van der Waals surface area contributed by atoms with Gasteiger partial charge in [0.15, 0.2) is 0 Å².